The van der Waals surface area contributed by atoms with E-state index in [9.17, 15) is 0 Å². The van der Waals surface area contributed by atoms with Crippen molar-refractivity contribution in [3.63, 3.8) is 0 Å². The fourth-order valence-electron chi connectivity index (χ4n) is 3.25. The molecule has 162 valence electrons. The molecule has 31 heavy (non-hydrogen) atoms. The molecule has 0 radical (unpaired) electrons. The zero-order valence-corrected chi connectivity index (χ0v) is 18.1. The first-order valence-corrected chi connectivity index (χ1v) is 10.6. The van der Waals surface area contributed by atoms with E-state index in [0.29, 0.717) is 17.8 Å². The molecule has 8 nitrogen and oxygen atoms in total. The van der Waals surface area contributed by atoms with E-state index in [-0.39, 0.29) is 0 Å². The first kappa shape index (κ1) is 21.0. The predicted octanol–water partition coefficient (Wildman–Crippen LogP) is 3.72. The van der Waals surface area contributed by atoms with Crippen molar-refractivity contribution >= 4 is 29.2 Å². The molecule has 0 atom stereocenters. The molecule has 8 heteroatoms. The second kappa shape index (κ2) is 10.2. The van der Waals surface area contributed by atoms with Crippen molar-refractivity contribution in [2.75, 3.05) is 55.3 Å². The van der Waals surface area contributed by atoms with Gasteiger partial charge in [-0.2, -0.15) is 15.0 Å². The van der Waals surface area contributed by atoms with Gasteiger partial charge in [0.2, 0.25) is 17.8 Å². The van der Waals surface area contributed by atoms with Gasteiger partial charge in [0.25, 0.3) is 0 Å². The van der Waals surface area contributed by atoms with Crippen molar-refractivity contribution in [1.29, 1.82) is 0 Å². The maximum atomic E-state index is 5.41. The number of hydrogen-bond acceptors (Lipinski definition) is 8. The smallest absolute Gasteiger partial charge is 0.233 e. The lowest BCUT2D eigenvalue weighted by Crippen LogP contribution is -2.39. The second-order valence-electron chi connectivity index (χ2n) is 7.67. The highest BCUT2D eigenvalue weighted by atomic mass is 16.5. The molecule has 0 saturated carbocycles. The van der Waals surface area contributed by atoms with Gasteiger partial charge < -0.3 is 20.7 Å². The van der Waals surface area contributed by atoms with Crippen molar-refractivity contribution in [3.05, 3.63) is 59.7 Å². The van der Waals surface area contributed by atoms with Gasteiger partial charge in [-0.15, -0.1) is 0 Å². The van der Waals surface area contributed by atoms with Crippen LogP contribution in [0.1, 0.15) is 11.1 Å². The number of morpholine rings is 1. The van der Waals surface area contributed by atoms with Crippen LogP contribution in [0.4, 0.5) is 29.2 Å². The Bertz CT molecular complexity index is 904. The summed E-state index contributed by atoms with van der Waals surface area (Å²) in [7, 11) is 0. The summed E-state index contributed by atoms with van der Waals surface area (Å²) in [5.41, 5.74) is 4.26. The summed E-state index contributed by atoms with van der Waals surface area (Å²) in [5.74, 6) is 1.51. The molecule has 2 aromatic carbocycles. The van der Waals surface area contributed by atoms with Gasteiger partial charge in [0.05, 0.1) is 13.2 Å². The first-order chi connectivity index (χ1) is 15.1. The molecule has 1 aliphatic rings. The van der Waals surface area contributed by atoms with E-state index in [0.717, 1.165) is 50.8 Å². The average molecular weight is 420 g/mol. The first-order valence-electron chi connectivity index (χ1n) is 10.6. The highest BCUT2D eigenvalue weighted by molar-refractivity contribution is 5.59. The van der Waals surface area contributed by atoms with Crippen LogP contribution in [0.25, 0.3) is 0 Å². The van der Waals surface area contributed by atoms with Gasteiger partial charge in [-0.25, -0.2) is 0 Å². The summed E-state index contributed by atoms with van der Waals surface area (Å²) in [6.07, 6.45) is 0. The molecule has 4 rings (SSSR count). The zero-order valence-electron chi connectivity index (χ0n) is 18.1. The highest BCUT2D eigenvalue weighted by Crippen LogP contribution is 2.19. The van der Waals surface area contributed by atoms with E-state index in [1.807, 2.05) is 24.3 Å². The third-order valence-corrected chi connectivity index (χ3v) is 5.07. The fourth-order valence-corrected chi connectivity index (χ4v) is 3.25. The van der Waals surface area contributed by atoms with Gasteiger partial charge in [-0.3, -0.25) is 4.90 Å². The van der Waals surface area contributed by atoms with Crippen molar-refractivity contribution in [2.24, 2.45) is 0 Å². The van der Waals surface area contributed by atoms with Crippen LogP contribution >= 0.6 is 0 Å². The molecule has 0 bridgehead atoms. The number of nitrogens with zero attached hydrogens (tertiary/aromatic N) is 4. The van der Waals surface area contributed by atoms with Gasteiger partial charge in [-0.1, -0.05) is 35.4 Å². The number of hydrogen-bond donors (Lipinski definition) is 3. The van der Waals surface area contributed by atoms with Crippen LogP contribution in [0.2, 0.25) is 0 Å². The van der Waals surface area contributed by atoms with E-state index in [4.69, 9.17) is 4.74 Å². The number of nitrogens with one attached hydrogen (secondary N) is 3. The molecule has 0 unspecified atom stereocenters. The molecule has 1 aliphatic heterocycles. The van der Waals surface area contributed by atoms with Crippen LogP contribution in [0.15, 0.2) is 48.5 Å². The van der Waals surface area contributed by atoms with Gasteiger partial charge >= 0.3 is 0 Å². The fraction of sp³-hybridized carbons (Fsp3) is 0.348. The molecule has 0 spiro atoms. The van der Waals surface area contributed by atoms with Crippen LogP contribution in [0.5, 0.6) is 0 Å². The predicted molar refractivity (Wildman–Crippen MR) is 124 cm³/mol. The van der Waals surface area contributed by atoms with Gasteiger partial charge in [0.15, 0.2) is 0 Å². The number of benzene rings is 2. The summed E-state index contributed by atoms with van der Waals surface area (Å²) >= 11 is 0. The van der Waals surface area contributed by atoms with Crippen molar-refractivity contribution in [3.8, 4) is 0 Å². The number of anilines is 5. The average Bonchev–Trinajstić information content (AvgIpc) is 2.78. The Hall–Kier alpha value is -3.23. The van der Waals surface area contributed by atoms with Crippen molar-refractivity contribution < 1.29 is 4.74 Å². The van der Waals surface area contributed by atoms with Crippen molar-refractivity contribution in [1.82, 2.24) is 19.9 Å². The molecule has 0 amide bonds. The molecular formula is C23H29N7O. The molecule has 1 saturated heterocycles. The Morgan fingerprint density at radius 1 is 0.742 bits per heavy atom. The van der Waals surface area contributed by atoms with Crippen molar-refractivity contribution in [2.45, 2.75) is 13.8 Å². The molecule has 3 N–H and O–H groups in total. The largest absolute Gasteiger partial charge is 0.379 e. The third-order valence-electron chi connectivity index (χ3n) is 5.07. The third kappa shape index (κ3) is 6.37. The number of aryl methyl sites for hydroxylation is 2. The lowest BCUT2D eigenvalue weighted by Gasteiger charge is -2.26. The van der Waals surface area contributed by atoms with E-state index >= 15 is 0 Å². The van der Waals surface area contributed by atoms with Crippen LogP contribution in [0.3, 0.4) is 0 Å². The summed E-state index contributed by atoms with van der Waals surface area (Å²) in [6.45, 7) is 9.29. The minimum Gasteiger partial charge on any atom is -0.379 e. The van der Waals surface area contributed by atoms with E-state index in [2.05, 4.69) is 73.9 Å². The molecule has 1 fully saturated rings. The highest BCUT2D eigenvalue weighted by Gasteiger charge is 2.11. The van der Waals surface area contributed by atoms with Gasteiger partial charge in [-0.05, 0) is 38.1 Å². The summed E-state index contributed by atoms with van der Waals surface area (Å²) in [6, 6.07) is 16.3. The molecular weight excluding hydrogens is 390 g/mol. The molecule has 2 heterocycles. The molecule has 0 aliphatic carbocycles. The second-order valence-corrected chi connectivity index (χ2v) is 7.67. The summed E-state index contributed by atoms with van der Waals surface area (Å²) in [5, 5.41) is 9.89. The maximum Gasteiger partial charge on any atom is 0.233 e. The lowest BCUT2D eigenvalue weighted by molar-refractivity contribution is 0.0398. The maximum absolute atomic E-state index is 5.41. The van der Waals surface area contributed by atoms with Gasteiger partial charge in [0, 0.05) is 37.6 Å². The summed E-state index contributed by atoms with van der Waals surface area (Å²) in [4.78, 5) is 16.0. The van der Waals surface area contributed by atoms with E-state index in [1.54, 1.807) is 0 Å². The Kier molecular flexibility index (Phi) is 6.91. The van der Waals surface area contributed by atoms with Crippen LogP contribution < -0.4 is 16.0 Å². The van der Waals surface area contributed by atoms with E-state index in [1.165, 1.54) is 11.1 Å². The topological polar surface area (TPSA) is 87.2 Å². The minimum atomic E-state index is 0.488. The van der Waals surface area contributed by atoms with Crippen LogP contribution in [-0.2, 0) is 4.74 Å². The number of ether oxygens (including phenoxy) is 1. The molecule has 1 aromatic heterocycles. The number of aromatic nitrogens is 3. The Morgan fingerprint density at radius 3 is 1.74 bits per heavy atom. The lowest BCUT2D eigenvalue weighted by atomic mass is 10.2. The Labute approximate surface area is 183 Å². The summed E-state index contributed by atoms with van der Waals surface area (Å²) < 4.78 is 5.41. The Morgan fingerprint density at radius 2 is 1.23 bits per heavy atom. The monoisotopic (exact) mass is 419 g/mol. The SMILES string of the molecule is Cc1ccc(Nc2nc(NCCN3CCOCC3)nc(Nc3ccc(C)cc3)n2)cc1. The quantitative estimate of drug-likeness (QED) is 0.509. The zero-order chi connectivity index (χ0) is 21.5. The standard InChI is InChI=1S/C23H29N7O/c1-17-3-7-19(8-4-17)25-22-27-21(24-11-12-30-13-15-31-16-14-30)28-23(29-22)26-20-9-5-18(2)6-10-20/h3-10H,11-16H2,1-2H3,(H3,24,25,26,27,28,29). The normalized spacial score (nSPS) is 14.3. The number of rotatable bonds is 8. The molecule has 3 aromatic rings. The minimum absolute atomic E-state index is 0.488. The van der Waals surface area contributed by atoms with Crippen LogP contribution in [-0.4, -0.2) is 59.2 Å². The van der Waals surface area contributed by atoms with Gasteiger partial charge in [0.1, 0.15) is 0 Å². The Balaban J connectivity index is 1.48. The van der Waals surface area contributed by atoms with E-state index < -0.39 is 0 Å². The van der Waals surface area contributed by atoms with Crippen LogP contribution in [0, 0.1) is 13.8 Å².